The number of nitrogens with two attached hydrogens (primary N) is 2. The van der Waals surface area contributed by atoms with Crippen molar-refractivity contribution in [3.05, 3.63) is 59.2 Å². The molecule has 0 aromatic heterocycles. The molecule has 0 saturated carbocycles. The van der Waals surface area contributed by atoms with Crippen molar-refractivity contribution in [2.45, 2.75) is 0 Å². The van der Waals surface area contributed by atoms with Crippen LogP contribution in [0.5, 0.6) is 0 Å². The molecule has 0 fully saturated rings. The normalized spacial score (nSPS) is 10.2. The molecule has 5 N–H and O–H groups in total. The highest BCUT2D eigenvalue weighted by Gasteiger charge is 2.15. The van der Waals surface area contributed by atoms with E-state index in [1.165, 1.54) is 18.2 Å². The number of carbonyl (C=O) groups excluding carboxylic acids is 2. The molecule has 0 bridgehead atoms. The second kappa shape index (κ2) is 5.58. The van der Waals surface area contributed by atoms with Gasteiger partial charge in [0.15, 0.2) is 0 Å². The van der Waals surface area contributed by atoms with Gasteiger partial charge in [-0.2, -0.15) is 0 Å². The first-order chi connectivity index (χ1) is 9.88. The predicted octanol–water partition coefficient (Wildman–Crippen LogP) is 1.90. The summed E-state index contributed by atoms with van der Waals surface area (Å²) >= 11 is 0. The summed E-state index contributed by atoms with van der Waals surface area (Å²) in [5.74, 6) is -3.25. The summed E-state index contributed by atoms with van der Waals surface area (Å²) < 4.78 is 27.2. The van der Waals surface area contributed by atoms with E-state index in [0.29, 0.717) is 0 Å². The second-order valence-electron chi connectivity index (χ2n) is 4.25. The fraction of sp³-hybridized carbons (Fsp3) is 0. The number of amides is 2. The van der Waals surface area contributed by atoms with E-state index in [1.807, 2.05) is 0 Å². The maximum Gasteiger partial charge on any atom is 0.258 e. The lowest BCUT2D eigenvalue weighted by molar-refractivity contribution is 0.0995. The zero-order chi connectivity index (χ0) is 15.6. The summed E-state index contributed by atoms with van der Waals surface area (Å²) in [5, 5.41) is 2.18. The molecular formula is C14H11F2N3O2. The van der Waals surface area contributed by atoms with Crippen LogP contribution < -0.4 is 16.8 Å². The first kappa shape index (κ1) is 14.4. The summed E-state index contributed by atoms with van der Waals surface area (Å²) in [4.78, 5) is 22.9. The van der Waals surface area contributed by atoms with Crippen LogP contribution in [0.1, 0.15) is 20.7 Å². The van der Waals surface area contributed by atoms with E-state index < -0.39 is 23.4 Å². The van der Waals surface area contributed by atoms with Crippen molar-refractivity contribution in [1.29, 1.82) is 0 Å². The summed E-state index contributed by atoms with van der Waals surface area (Å²) in [6, 6.07) is 6.73. The van der Waals surface area contributed by atoms with Crippen molar-refractivity contribution in [1.82, 2.24) is 0 Å². The number of hydrogen-bond acceptors (Lipinski definition) is 3. The summed E-state index contributed by atoms with van der Waals surface area (Å²) in [5.41, 5.74) is 10.0. The molecule has 0 unspecified atom stereocenters. The first-order valence-corrected chi connectivity index (χ1v) is 5.84. The Morgan fingerprint density at radius 1 is 1.00 bits per heavy atom. The molecule has 5 nitrogen and oxygen atoms in total. The SMILES string of the molecule is NC(=O)c1ccc(F)c(NC(=O)c2ccc(N)cc2F)c1. The second-order valence-corrected chi connectivity index (χ2v) is 4.25. The van der Waals surface area contributed by atoms with Crippen LogP contribution in [0.25, 0.3) is 0 Å². The van der Waals surface area contributed by atoms with Crippen LogP contribution in [0.2, 0.25) is 0 Å². The third-order valence-electron chi connectivity index (χ3n) is 2.74. The molecule has 0 heterocycles. The lowest BCUT2D eigenvalue weighted by Crippen LogP contribution is -2.16. The molecule has 2 rings (SSSR count). The Balaban J connectivity index is 2.31. The summed E-state index contributed by atoms with van der Waals surface area (Å²) in [6.07, 6.45) is 0. The first-order valence-electron chi connectivity index (χ1n) is 5.84. The largest absolute Gasteiger partial charge is 0.399 e. The minimum absolute atomic E-state index is 0.0180. The number of hydrogen-bond donors (Lipinski definition) is 3. The van der Waals surface area contributed by atoms with Gasteiger partial charge in [0.25, 0.3) is 5.91 Å². The molecule has 2 aromatic rings. The fourth-order valence-electron chi connectivity index (χ4n) is 1.68. The van der Waals surface area contributed by atoms with Crippen molar-refractivity contribution in [3.63, 3.8) is 0 Å². The Kier molecular flexibility index (Phi) is 3.84. The smallest absolute Gasteiger partial charge is 0.258 e. The topological polar surface area (TPSA) is 98.2 Å². The molecule has 0 saturated heterocycles. The van der Waals surface area contributed by atoms with Gasteiger partial charge < -0.3 is 16.8 Å². The van der Waals surface area contributed by atoms with Crippen molar-refractivity contribution in [2.24, 2.45) is 5.73 Å². The standard InChI is InChI=1S/C14H11F2N3O2/c15-10-4-1-7(13(18)20)5-12(10)19-14(21)9-3-2-8(17)6-11(9)16/h1-6H,17H2,(H2,18,20)(H,19,21). The number of nitrogens with one attached hydrogen (secondary N) is 1. The van der Waals surface area contributed by atoms with E-state index in [0.717, 1.165) is 18.2 Å². The van der Waals surface area contributed by atoms with Crippen LogP contribution >= 0.6 is 0 Å². The molecule has 0 aliphatic rings. The quantitative estimate of drug-likeness (QED) is 0.753. The molecule has 108 valence electrons. The van der Waals surface area contributed by atoms with Gasteiger partial charge in [0.05, 0.1) is 11.3 Å². The summed E-state index contributed by atoms with van der Waals surface area (Å²) in [7, 11) is 0. The molecule has 0 spiro atoms. The highest BCUT2D eigenvalue weighted by atomic mass is 19.1. The Hall–Kier alpha value is -2.96. The lowest BCUT2D eigenvalue weighted by Gasteiger charge is -2.08. The lowest BCUT2D eigenvalue weighted by atomic mass is 10.1. The van der Waals surface area contributed by atoms with Gasteiger partial charge in [0.1, 0.15) is 11.6 Å². The molecule has 0 atom stereocenters. The summed E-state index contributed by atoms with van der Waals surface area (Å²) in [6.45, 7) is 0. The highest BCUT2D eigenvalue weighted by molar-refractivity contribution is 6.05. The maximum atomic E-state index is 13.6. The Morgan fingerprint density at radius 3 is 2.33 bits per heavy atom. The van der Waals surface area contributed by atoms with Crippen molar-refractivity contribution in [2.75, 3.05) is 11.1 Å². The van der Waals surface area contributed by atoms with Gasteiger partial charge in [0, 0.05) is 11.3 Å². The number of nitrogen functional groups attached to an aromatic ring is 1. The van der Waals surface area contributed by atoms with Crippen LogP contribution in [0.3, 0.4) is 0 Å². The van der Waals surface area contributed by atoms with Crippen molar-refractivity contribution >= 4 is 23.2 Å². The maximum absolute atomic E-state index is 13.6. The monoisotopic (exact) mass is 291 g/mol. The fourth-order valence-corrected chi connectivity index (χ4v) is 1.68. The average Bonchev–Trinajstić information content (AvgIpc) is 2.40. The van der Waals surface area contributed by atoms with Crippen LogP contribution in [0.4, 0.5) is 20.2 Å². The number of carbonyl (C=O) groups is 2. The minimum Gasteiger partial charge on any atom is -0.399 e. The highest BCUT2D eigenvalue weighted by Crippen LogP contribution is 2.19. The Morgan fingerprint density at radius 2 is 1.71 bits per heavy atom. The average molecular weight is 291 g/mol. The third kappa shape index (κ3) is 3.14. The van der Waals surface area contributed by atoms with Gasteiger partial charge in [-0.05, 0) is 36.4 Å². The van der Waals surface area contributed by atoms with E-state index in [-0.39, 0.29) is 22.5 Å². The van der Waals surface area contributed by atoms with Gasteiger partial charge in [-0.15, -0.1) is 0 Å². The van der Waals surface area contributed by atoms with Gasteiger partial charge in [0.2, 0.25) is 5.91 Å². The number of halogens is 2. The molecule has 0 radical (unpaired) electrons. The molecule has 0 aliphatic heterocycles. The molecule has 2 aromatic carbocycles. The van der Waals surface area contributed by atoms with Crippen molar-refractivity contribution in [3.8, 4) is 0 Å². The van der Waals surface area contributed by atoms with Gasteiger partial charge in [-0.1, -0.05) is 0 Å². The Labute approximate surface area is 118 Å². The number of benzene rings is 2. The van der Waals surface area contributed by atoms with Gasteiger partial charge >= 0.3 is 0 Å². The van der Waals surface area contributed by atoms with Crippen LogP contribution in [-0.4, -0.2) is 11.8 Å². The van der Waals surface area contributed by atoms with E-state index in [4.69, 9.17) is 11.5 Å². The number of rotatable bonds is 3. The van der Waals surface area contributed by atoms with Gasteiger partial charge in [-0.25, -0.2) is 8.78 Å². The molecule has 7 heteroatoms. The van der Waals surface area contributed by atoms with Gasteiger partial charge in [-0.3, -0.25) is 9.59 Å². The zero-order valence-corrected chi connectivity index (χ0v) is 10.7. The molecule has 2 amide bonds. The minimum atomic E-state index is -0.868. The molecule has 0 aliphatic carbocycles. The van der Waals surface area contributed by atoms with E-state index in [9.17, 15) is 18.4 Å². The molecule has 21 heavy (non-hydrogen) atoms. The zero-order valence-electron chi connectivity index (χ0n) is 10.7. The van der Waals surface area contributed by atoms with Crippen molar-refractivity contribution < 1.29 is 18.4 Å². The number of primary amides is 1. The van der Waals surface area contributed by atoms with Crippen LogP contribution in [-0.2, 0) is 0 Å². The van der Waals surface area contributed by atoms with E-state index >= 15 is 0 Å². The number of anilines is 2. The van der Waals surface area contributed by atoms with Crippen LogP contribution in [0.15, 0.2) is 36.4 Å². The predicted molar refractivity (Wildman–Crippen MR) is 73.7 cm³/mol. The Bertz CT molecular complexity index is 732. The van der Waals surface area contributed by atoms with E-state index in [1.54, 1.807) is 0 Å². The third-order valence-corrected chi connectivity index (χ3v) is 2.74. The molecular weight excluding hydrogens is 280 g/mol. The van der Waals surface area contributed by atoms with Crippen LogP contribution in [0, 0.1) is 11.6 Å². The van der Waals surface area contributed by atoms with E-state index in [2.05, 4.69) is 5.32 Å².